The van der Waals surface area contributed by atoms with E-state index in [1.165, 1.54) is 24.4 Å². The van der Waals surface area contributed by atoms with Crippen molar-refractivity contribution in [3.63, 3.8) is 0 Å². The second kappa shape index (κ2) is 8.17. The third kappa shape index (κ3) is 4.35. The van der Waals surface area contributed by atoms with Crippen molar-refractivity contribution < 1.29 is 13.2 Å². The van der Waals surface area contributed by atoms with Gasteiger partial charge in [-0.15, -0.1) is 0 Å². The quantitative estimate of drug-likeness (QED) is 0.455. The Hall–Kier alpha value is -2.28. The molecule has 8 heteroatoms. The van der Waals surface area contributed by atoms with Crippen LogP contribution in [0, 0.1) is 0 Å². The van der Waals surface area contributed by atoms with Crippen LogP contribution >= 0.6 is 23.2 Å². The van der Waals surface area contributed by atoms with Crippen molar-refractivity contribution in [2.45, 2.75) is 11.8 Å². The lowest BCUT2D eigenvalue weighted by Crippen LogP contribution is -2.18. The van der Waals surface area contributed by atoms with Gasteiger partial charge >= 0.3 is 0 Å². The van der Waals surface area contributed by atoms with Gasteiger partial charge in [-0.3, -0.25) is 0 Å². The van der Waals surface area contributed by atoms with E-state index in [4.69, 9.17) is 27.9 Å². The average Bonchev–Trinajstić information content (AvgIpc) is 2.65. The summed E-state index contributed by atoms with van der Waals surface area (Å²) in [7, 11) is -3.88. The number of nitrogens with one attached hydrogen (secondary N) is 1. The Bertz CT molecular complexity index is 1120. The maximum absolute atomic E-state index is 12.4. The average molecular weight is 423 g/mol. The molecule has 0 bridgehead atoms. The monoisotopic (exact) mass is 422 g/mol. The van der Waals surface area contributed by atoms with Crippen LogP contribution in [0.2, 0.25) is 10.0 Å². The molecule has 0 fully saturated rings. The van der Waals surface area contributed by atoms with Crippen molar-refractivity contribution in [1.29, 1.82) is 0 Å². The number of nitrogens with zero attached hydrogens (tertiary/aromatic N) is 1. The molecule has 0 aliphatic rings. The highest BCUT2D eigenvalue weighted by atomic mass is 35.5. The highest BCUT2D eigenvalue weighted by Gasteiger charge is 2.15. The standard InChI is InChI=1S/C19H16Cl2N2O3S/c1-2-26-19-10-7-13-5-3-4-6-15(13)16(19)12-22-23-27(24,25)14-8-9-17(20)18(21)11-14/h3-12,23H,2H2,1H3/b22-12+. The highest BCUT2D eigenvalue weighted by molar-refractivity contribution is 7.89. The molecule has 1 N–H and O–H groups in total. The molecule has 0 aliphatic heterocycles. The third-order valence-electron chi connectivity index (χ3n) is 3.80. The van der Waals surface area contributed by atoms with E-state index in [-0.39, 0.29) is 14.9 Å². The molecule has 3 aromatic rings. The first-order valence-electron chi connectivity index (χ1n) is 8.07. The minimum Gasteiger partial charge on any atom is -0.493 e. The van der Waals surface area contributed by atoms with Gasteiger partial charge in [0.15, 0.2) is 0 Å². The van der Waals surface area contributed by atoms with Gasteiger partial charge in [-0.05, 0) is 42.0 Å². The summed E-state index contributed by atoms with van der Waals surface area (Å²) < 4.78 is 30.4. The van der Waals surface area contributed by atoms with Gasteiger partial charge in [0, 0.05) is 5.56 Å². The van der Waals surface area contributed by atoms with Gasteiger partial charge in [-0.1, -0.05) is 53.5 Å². The lowest BCUT2D eigenvalue weighted by atomic mass is 10.0. The molecule has 5 nitrogen and oxygen atoms in total. The topological polar surface area (TPSA) is 67.8 Å². The molecule has 0 atom stereocenters. The fourth-order valence-corrected chi connectivity index (χ4v) is 3.73. The smallest absolute Gasteiger partial charge is 0.276 e. The van der Waals surface area contributed by atoms with Crippen molar-refractivity contribution in [2.75, 3.05) is 6.61 Å². The molecule has 3 aromatic carbocycles. The molecule has 0 amide bonds. The molecule has 27 heavy (non-hydrogen) atoms. The summed E-state index contributed by atoms with van der Waals surface area (Å²) >= 11 is 11.7. The van der Waals surface area contributed by atoms with Gasteiger partial charge in [0.25, 0.3) is 10.0 Å². The predicted octanol–water partition coefficient (Wildman–Crippen LogP) is 4.86. The van der Waals surface area contributed by atoms with E-state index in [1.54, 1.807) is 0 Å². The normalized spacial score (nSPS) is 11.8. The van der Waals surface area contributed by atoms with E-state index in [1.807, 2.05) is 43.3 Å². The van der Waals surface area contributed by atoms with Crippen LogP contribution in [0.15, 0.2) is 64.6 Å². The molecule has 0 aliphatic carbocycles. The Balaban J connectivity index is 1.93. The first-order chi connectivity index (χ1) is 12.9. The largest absolute Gasteiger partial charge is 0.493 e. The fourth-order valence-electron chi connectivity index (χ4n) is 2.55. The van der Waals surface area contributed by atoms with E-state index in [0.717, 1.165) is 10.8 Å². The summed E-state index contributed by atoms with van der Waals surface area (Å²) in [6.07, 6.45) is 1.43. The first kappa shape index (κ1) is 19.5. The van der Waals surface area contributed by atoms with Gasteiger partial charge in [-0.2, -0.15) is 13.5 Å². The van der Waals surface area contributed by atoms with Crippen LogP contribution in [0.25, 0.3) is 10.8 Å². The van der Waals surface area contributed by atoms with E-state index < -0.39 is 10.0 Å². The molecule has 0 saturated heterocycles. The van der Waals surface area contributed by atoms with E-state index in [9.17, 15) is 8.42 Å². The summed E-state index contributed by atoms with van der Waals surface area (Å²) in [5.74, 6) is 0.619. The van der Waals surface area contributed by atoms with Crippen molar-refractivity contribution in [2.24, 2.45) is 5.10 Å². The van der Waals surface area contributed by atoms with Gasteiger partial charge in [0.1, 0.15) is 5.75 Å². The van der Waals surface area contributed by atoms with Gasteiger partial charge in [0.2, 0.25) is 0 Å². The van der Waals surface area contributed by atoms with Crippen molar-refractivity contribution in [3.05, 3.63) is 70.2 Å². The van der Waals surface area contributed by atoms with Gasteiger partial charge in [-0.25, -0.2) is 4.83 Å². The van der Waals surface area contributed by atoms with Gasteiger partial charge < -0.3 is 4.74 Å². The van der Waals surface area contributed by atoms with Gasteiger partial charge in [0.05, 0.1) is 27.8 Å². The summed E-state index contributed by atoms with van der Waals surface area (Å²) in [5.41, 5.74) is 0.687. The number of sulfonamides is 1. The number of fused-ring (bicyclic) bond motifs is 1. The Morgan fingerprint density at radius 2 is 1.85 bits per heavy atom. The molecular weight excluding hydrogens is 407 g/mol. The maximum Gasteiger partial charge on any atom is 0.276 e. The molecule has 0 saturated carbocycles. The summed E-state index contributed by atoms with van der Waals surface area (Å²) in [6.45, 7) is 2.36. The summed E-state index contributed by atoms with van der Waals surface area (Å²) in [5, 5.41) is 6.24. The molecule has 3 rings (SSSR count). The number of benzene rings is 3. The first-order valence-corrected chi connectivity index (χ1v) is 10.3. The van der Waals surface area contributed by atoms with E-state index >= 15 is 0 Å². The molecular formula is C19H16Cl2N2O3S. The Labute approximate surface area is 167 Å². The van der Waals surface area contributed by atoms with Crippen molar-refractivity contribution in [1.82, 2.24) is 4.83 Å². The van der Waals surface area contributed by atoms with Crippen LogP contribution in [0.3, 0.4) is 0 Å². The number of rotatable bonds is 6. The molecule has 0 aromatic heterocycles. The second-order valence-corrected chi connectivity index (χ2v) is 8.04. The number of ether oxygens (including phenoxy) is 1. The predicted molar refractivity (Wildman–Crippen MR) is 109 cm³/mol. The number of halogens is 2. The third-order valence-corrected chi connectivity index (χ3v) is 5.76. The lowest BCUT2D eigenvalue weighted by Gasteiger charge is -2.10. The van der Waals surface area contributed by atoms with E-state index in [2.05, 4.69) is 9.93 Å². The SMILES string of the molecule is CCOc1ccc2ccccc2c1/C=N/NS(=O)(=O)c1ccc(Cl)c(Cl)c1. The zero-order chi connectivity index (χ0) is 19.4. The maximum atomic E-state index is 12.4. The van der Waals surface area contributed by atoms with Crippen molar-refractivity contribution in [3.8, 4) is 5.75 Å². The van der Waals surface area contributed by atoms with Crippen molar-refractivity contribution >= 4 is 50.2 Å². The van der Waals surface area contributed by atoms with Crippen LogP contribution < -0.4 is 9.57 Å². The zero-order valence-electron chi connectivity index (χ0n) is 14.3. The zero-order valence-corrected chi connectivity index (χ0v) is 16.6. The van der Waals surface area contributed by atoms with Crippen LogP contribution in [-0.4, -0.2) is 21.2 Å². The molecule has 0 heterocycles. The van der Waals surface area contributed by atoms with Crippen LogP contribution in [-0.2, 0) is 10.0 Å². The van der Waals surface area contributed by atoms with E-state index in [0.29, 0.717) is 17.9 Å². The fraction of sp³-hybridized carbons (Fsp3) is 0.105. The Morgan fingerprint density at radius 1 is 1.07 bits per heavy atom. The summed E-state index contributed by atoms with van der Waals surface area (Å²) in [6, 6.07) is 15.5. The minimum atomic E-state index is -3.88. The number of hydrogen-bond acceptors (Lipinski definition) is 4. The molecule has 0 unspecified atom stereocenters. The highest BCUT2D eigenvalue weighted by Crippen LogP contribution is 2.27. The summed E-state index contributed by atoms with van der Waals surface area (Å²) in [4.78, 5) is 2.16. The second-order valence-electron chi connectivity index (χ2n) is 5.56. The van der Waals surface area contributed by atoms with Crippen LogP contribution in [0.4, 0.5) is 0 Å². The number of hydrazone groups is 1. The molecule has 140 valence electrons. The van der Waals surface area contributed by atoms with Crippen LogP contribution in [0.5, 0.6) is 5.75 Å². The molecule has 0 radical (unpaired) electrons. The number of hydrogen-bond donors (Lipinski definition) is 1. The lowest BCUT2D eigenvalue weighted by molar-refractivity contribution is 0.340. The van der Waals surface area contributed by atoms with Crippen LogP contribution in [0.1, 0.15) is 12.5 Å². The molecule has 0 spiro atoms. The minimum absolute atomic E-state index is 0.0306. The Kier molecular flexibility index (Phi) is 5.89. The Morgan fingerprint density at radius 3 is 2.59 bits per heavy atom.